The van der Waals surface area contributed by atoms with Crippen LogP contribution in [0.1, 0.15) is 33.1 Å². The summed E-state index contributed by atoms with van der Waals surface area (Å²) >= 11 is 5.82. The maximum atomic E-state index is 12.6. The number of hydrogen-bond donors (Lipinski definition) is 2. The Morgan fingerprint density at radius 3 is 2.26 bits per heavy atom. The normalized spacial score (nSPS) is 16.1. The van der Waals surface area contributed by atoms with Crippen molar-refractivity contribution in [3.63, 3.8) is 0 Å². The van der Waals surface area contributed by atoms with Crippen molar-refractivity contribution in [2.75, 3.05) is 18.4 Å². The highest BCUT2D eigenvalue weighted by Crippen LogP contribution is 2.15. The lowest BCUT2D eigenvalue weighted by Gasteiger charge is -2.32. The molecule has 1 aliphatic rings. The van der Waals surface area contributed by atoms with E-state index in [1.165, 1.54) is 6.42 Å². The van der Waals surface area contributed by atoms with Gasteiger partial charge in [-0.2, -0.15) is 0 Å². The Hall–Kier alpha value is -1.75. The maximum absolute atomic E-state index is 12.6. The molecular formula is C17H24ClN3O2. The standard InChI is InChI=1S/C17H24ClN3O2/c1-12(2)15(16(22)21-10-4-3-5-11-21)20-17(23)19-14-8-6-13(18)7-9-14/h6-9,12,15H,3-5,10-11H2,1-2H3,(H2,19,20,23)/t15-/m1/s1. The number of nitrogens with zero attached hydrogens (tertiary/aromatic N) is 1. The predicted octanol–water partition coefficient (Wildman–Crippen LogP) is 3.50. The van der Waals surface area contributed by atoms with Crippen LogP contribution in [0.25, 0.3) is 0 Å². The molecule has 5 nitrogen and oxygen atoms in total. The van der Waals surface area contributed by atoms with Gasteiger partial charge in [-0.3, -0.25) is 4.79 Å². The molecule has 3 amide bonds. The lowest BCUT2D eigenvalue weighted by molar-refractivity contribution is -0.135. The molecule has 1 fully saturated rings. The number of amides is 3. The average Bonchev–Trinajstić information content (AvgIpc) is 2.55. The van der Waals surface area contributed by atoms with E-state index in [1.54, 1.807) is 24.3 Å². The highest BCUT2D eigenvalue weighted by Gasteiger charge is 2.29. The molecular weight excluding hydrogens is 314 g/mol. The molecule has 1 aromatic carbocycles. The molecule has 1 heterocycles. The number of urea groups is 1. The lowest BCUT2D eigenvalue weighted by atomic mass is 10.0. The van der Waals surface area contributed by atoms with Gasteiger partial charge in [0.2, 0.25) is 5.91 Å². The summed E-state index contributed by atoms with van der Waals surface area (Å²) in [5, 5.41) is 6.14. The first-order valence-corrected chi connectivity index (χ1v) is 8.47. The minimum Gasteiger partial charge on any atom is -0.341 e. The van der Waals surface area contributed by atoms with E-state index in [4.69, 9.17) is 11.6 Å². The molecule has 0 spiro atoms. The van der Waals surface area contributed by atoms with Gasteiger partial charge in [0.15, 0.2) is 0 Å². The Morgan fingerprint density at radius 1 is 1.09 bits per heavy atom. The number of rotatable bonds is 4. The van der Waals surface area contributed by atoms with E-state index >= 15 is 0 Å². The van der Waals surface area contributed by atoms with E-state index in [0.29, 0.717) is 10.7 Å². The first-order valence-electron chi connectivity index (χ1n) is 8.09. The van der Waals surface area contributed by atoms with E-state index in [2.05, 4.69) is 10.6 Å². The fraction of sp³-hybridized carbons (Fsp3) is 0.529. The minimum absolute atomic E-state index is 0.00551. The van der Waals surface area contributed by atoms with Crippen LogP contribution >= 0.6 is 11.6 Å². The van der Waals surface area contributed by atoms with Crippen LogP contribution in [0.15, 0.2) is 24.3 Å². The Bertz CT molecular complexity index is 539. The van der Waals surface area contributed by atoms with Gasteiger partial charge in [-0.25, -0.2) is 4.79 Å². The van der Waals surface area contributed by atoms with Crippen LogP contribution in [0.5, 0.6) is 0 Å². The van der Waals surface area contributed by atoms with Crippen LogP contribution in [-0.2, 0) is 4.79 Å². The maximum Gasteiger partial charge on any atom is 0.319 e. The molecule has 0 saturated carbocycles. The largest absolute Gasteiger partial charge is 0.341 e. The first-order chi connectivity index (χ1) is 11.0. The zero-order chi connectivity index (χ0) is 16.8. The molecule has 1 aliphatic heterocycles. The molecule has 2 N–H and O–H groups in total. The van der Waals surface area contributed by atoms with Crippen molar-refractivity contribution in [1.29, 1.82) is 0 Å². The number of nitrogens with one attached hydrogen (secondary N) is 2. The van der Waals surface area contributed by atoms with Crippen LogP contribution in [0.4, 0.5) is 10.5 Å². The van der Waals surface area contributed by atoms with E-state index in [9.17, 15) is 9.59 Å². The molecule has 126 valence electrons. The van der Waals surface area contributed by atoms with Crippen molar-refractivity contribution in [3.05, 3.63) is 29.3 Å². The van der Waals surface area contributed by atoms with Crippen LogP contribution < -0.4 is 10.6 Å². The second kappa shape index (κ2) is 8.20. The van der Waals surface area contributed by atoms with Gasteiger partial charge in [-0.1, -0.05) is 25.4 Å². The van der Waals surface area contributed by atoms with Crippen LogP contribution in [0.2, 0.25) is 5.02 Å². The number of carbonyl (C=O) groups is 2. The van der Waals surface area contributed by atoms with E-state index < -0.39 is 6.04 Å². The number of likely N-dealkylation sites (tertiary alicyclic amines) is 1. The molecule has 0 bridgehead atoms. The monoisotopic (exact) mass is 337 g/mol. The third kappa shape index (κ3) is 5.13. The highest BCUT2D eigenvalue weighted by molar-refractivity contribution is 6.30. The average molecular weight is 338 g/mol. The second-order valence-corrected chi connectivity index (χ2v) is 6.65. The predicted molar refractivity (Wildman–Crippen MR) is 92.7 cm³/mol. The summed E-state index contributed by atoms with van der Waals surface area (Å²) in [6.07, 6.45) is 3.24. The van der Waals surface area contributed by atoms with Crippen molar-refractivity contribution in [2.45, 2.75) is 39.2 Å². The molecule has 0 unspecified atom stereocenters. The molecule has 0 radical (unpaired) electrons. The fourth-order valence-corrected chi connectivity index (χ4v) is 2.79. The van der Waals surface area contributed by atoms with Gasteiger partial charge in [0, 0.05) is 23.8 Å². The molecule has 1 aromatic rings. The Morgan fingerprint density at radius 2 is 1.70 bits per heavy atom. The van der Waals surface area contributed by atoms with Crippen molar-refractivity contribution in [1.82, 2.24) is 10.2 Å². The number of benzene rings is 1. The van der Waals surface area contributed by atoms with E-state index in [1.807, 2.05) is 18.7 Å². The van der Waals surface area contributed by atoms with Gasteiger partial charge in [-0.05, 0) is 49.4 Å². The quantitative estimate of drug-likeness (QED) is 0.883. The minimum atomic E-state index is -0.514. The SMILES string of the molecule is CC(C)[C@@H](NC(=O)Nc1ccc(Cl)cc1)C(=O)N1CCCCC1. The molecule has 2 rings (SSSR count). The second-order valence-electron chi connectivity index (χ2n) is 6.21. The molecule has 1 atom stereocenters. The zero-order valence-electron chi connectivity index (χ0n) is 13.6. The number of piperidine rings is 1. The lowest BCUT2D eigenvalue weighted by Crippen LogP contribution is -2.53. The van der Waals surface area contributed by atoms with Crippen LogP contribution in [-0.4, -0.2) is 36.0 Å². The number of carbonyl (C=O) groups excluding carboxylic acids is 2. The first kappa shape index (κ1) is 17.6. The topological polar surface area (TPSA) is 61.4 Å². The summed E-state index contributed by atoms with van der Waals surface area (Å²) in [5.41, 5.74) is 0.639. The third-order valence-electron chi connectivity index (χ3n) is 3.99. The third-order valence-corrected chi connectivity index (χ3v) is 4.24. The Labute approximate surface area is 142 Å². The summed E-state index contributed by atoms with van der Waals surface area (Å²) in [6, 6.07) is 5.96. The van der Waals surface area contributed by atoms with Gasteiger partial charge in [0.1, 0.15) is 6.04 Å². The van der Waals surface area contributed by atoms with Crippen LogP contribution in [0.3, 0.4) is 0 Å². The molecule has 0 aliphatic carbocycles. The van der Waals surface area contributed by atoms with Crippen molar-refractivity contribution in [3.8, 4) is 0 Å². The molecule has 0 aromatic heterocycles. The van der Waals surface area contributed by atoms with E-state index in [0.717, 1.165) is 25.9 Å². The van der Waals surface area contributed by atoms with Gasteiger partial charge < -0.3 is 15.5 Å². The zero-order valence-corrected chi connectivity index (χ0v) is 14.4. The molecule has 6 heteroatoms. The summed E-state index contributed by atoms with van der Waals surface area (Å²) in [7, 11) is 0. The van der Waals surface area contributed by atoms with Gasteiger partial charge >= 0.3 is 6.03 Å². The van der Waals surface area contributed by atoms with Gasteiger partial charge in [-0.15, -0.1) is 0 Å². The summed E-state index contributed by atoms with van der Waals surface area (Å²) in [6.45, 7) is 5.44. The summed E-state index contributed by atoms with van der Waals surface area (Å²) in [5.74, 6) is 0.0337. The molecule has 23 heavy (non-hydrogen) atoms. The summed E-state index contributed by atoms with van der Waals surface area (Å²) < 4.78 is 0. The fourth-order valence-electron chi connectivity index (χ4n) is 2.67. The van der Waals surface area contributed by atoms with Gasteiger partial charge in [0.05, 0.1) is 0 Å². The molecule has 1 saturated heterocycles. The highest BCUT2D eigenvalue weighted by atomic mass is 35.5. The number of anilines is 1. The summed E-state index contributed by atoms with van der Waals surface area (Å²) in [4.78, 5) is 26.7. The number of halogens is 1. The smallest absolute Gasteiger partial charge is 0.319 e. The van der Waals surface area contributed by atoms with Gasteiger partial charge in [0.25, 0.3) is 0 Å². The van der Waals surface area contributed by atoms with Crippen molar-refractivity contribution < 1.29 is 9.59 Å². The van der Waals surface area contributed by atoms with Crippen molar-refractivity contribution in [2.24, 2.45) is 5.92 Å². The van der Waals surface area contributed by atoms with Crippen LogP contribution in [0, 0.1) is 5.92 Å². The van der Waals surface area contributed by atoms with Crippen molar-refractivity contribution >= 4 is 29.2 Å². The Kier molecular flexibility index (Phi) is 6.28. The number of hydrogen-bond acceptors (Lipinski definition) is 2. The van der Waals surface area contributed by atoms with E-state index in [-0.39, 0.29) is 17.9 Å². The Balaban J connectivity index is 1.96.